The smallest absolute Gasteiger partial charge is 0.146 e. The van der Waals surface area contributed by atoms with Gasteiger partial charge in [0.2, 0.25) is 0 Å². The lowest BCUT2D eigenvalue weighted by Crippen LogP contribution is -2.55. The molecule has 2 unspecified atom stereocenters. The molecule has 6 rings (SSSR count). The maximum Gasteiger partial charge on any atom is 0.146 e. The lowest BCUT2D eigenvalue weighted by atomic mass is 9.44. The Bertz CT molecular complexity index is 1220. The summed E-state index contributed by atoms with van der Waals surface area (Å²) in [7, 11) is -4.51. The molecule has 2 aromatic rings. The van der Waals surface area contributed by atoms with E-state index in [9.17, 15) is 13.0 Å². The van der Waals surface area contributed by atoms with E-state index in [-0.39, 0.29) is 15.7 Å². The molecule has 0 heterocycles. The standard InChI is InChI=1S/C24H23I5O5S/c25-15-2-17(26)21(18(27)3-15)34-12-24-8-13-1-14(9-24)7-23(6-13,10-24)11-33-16-4-19(28)22(20(29)5-16)35(30,31)32/h2-5,13-14H,1,6-12H2,(H,30,31,32)/p-1. The first-order chi connectivity index (χ1) is 16.4. The molecule has 0 saturated heterocycles. The molecule has 0 spiro atoms. The van der Waals surface area contributed by atoms with Crippen LogP contribution in [0.5, 0.6) is 11.5 Å². The molecule has 4 aliphatic carbocycles. The van der Waals surface area contributed by atoms with Crippen molar-refractivity contribution in [2.45, 2.75) is 43.4 Å². The zero-order chi connectivity index (χ0) is 25.2. The number of halogens is 5. The average Bonchev–Trinajstić information content (AvgIpc) is 2.69. The Hall–Kier alpha value is 1.60. The molecule has 2 aromatic carbocycles. The molecular weight excluding hydrogens is 1030 g/mol. The van der Waals surface area contributed by atoms with Crippen LogP contribution in [0.1, 0.15) is 38.5 Å². The Morgan fingerprint density at radius 2 is 1.29 bits per heavy atom. The maximum absolute atomic E-state index is 11.6. The monoisotopic (exact) mass is 1060 g/mol. The Morgan fingerprint density at radius 1 is 0.800 bits per heavy atom. The molecule has 0 aliphatic heterocycles. The summed E-state index contributed by atoms with van der Waals surface area (Å²) < 4.78 is 52.1. The van der Waals surface area contributed by atoms with E-state index in [0.29, 0.717) is 31.3 Å². The third-order valence-corrected chi connectivity index (χ3v) is 13.2. The van der Waals surface area contributed by atoms with Crippen LogP contribution in [0.4, 0.5) is 0 Å². The maximum atomic E-state index is 11.6. The third-order valence-electron chi connectivity index (χ3n) is 7.56. The van der Waals surface area contributed by atoms with E-state index in [1.165, 1.54) is 35.7 Å². The molecular formula is C24H22I5O5S-. The predicted molar refractivity (Wildman–Crippen MR) is 175 cm³/mol. The van der Waals surface area contributed by atoms with E-state index in [1.807, 2.05) is 45.2 Å². The molecule has 4 fully saturated rings. The summed E-state index contributed by atoms with van der Waals surface area (Å²) in [5.41, 5.74) is 0.311. The van der Waals surface area contributed by atoms with E-state index in [2.05, 4.69) is 79.9 Å². The fraction of sp³-hybridized carbons (Fsp3) is 0.500. The highest BCUT2D eigenvalue weighted by molar-refractivity contribution is 14.1. The van der Waals surface area contributed by atoms with Gasteiger partial charge in [0.25, 0.3) is 0 Å². The highest BCUT2D eigenvalue weighted by Gasteiger charge is 2.58. The number of hydrogen-bond acceptors (Lipinski definition) is 5. The van der Waals surface area contributed by atoms with E-state index in [4.69, 9.17) is 9.47 Å². The minimum atomic E-state index is -4.51. The Labute approximate surface area is 274 Å². The number of hydrogen-bond donors (Lipinski definition) is 0. The molecule has 5 nitrogen and oxygen atoms in total. The van der Waals surface area contributed by atoms with Crippen molar-refractivity contribution in [2.24, 2.45) is 22.7 Å². The molecule has 2 atom stereocenters. The van der Waals surface area contributed by atoms with Crippen molar-refractivity contribution in [1.82, 2.24) is 0 Å². The summed E-state index contributed by atoms with van der Waals surface area (Å²) in [6, 6.07) is 7.68. The Morgan fingerprint density at radius 3 is 1.77 bits per heavy atom. The van der Waals surface area contributed by atoms with Crippen molar-refractivity contribution in [1.29, 1.82) is 0 Å². The molecule has 0 radical (unpaired) electrons. The van der Waals surface area contributed by atoms with Crippen molar-refractivity contribution in [3.63, 3.8) is 0 Å². The lowest BCUT2D eigenvalue weighted by molar-refractivity contribution is -0.138. The van der Waals surface area contributed by atoms with Crippen LogP contribution in [-0.2, 0) is 10.1 Å². The van der Waals surface area contributed by atoms with Gasteiger partial charge in [0.15, 0.2) is 0 Å². The highest BCUT2D eigenvalue weighted by Crippen LogP contribution is 2.65. The van der Waals surface area contributed by atoms with E-state index < -0.39 is 10.1 Å². The van der Waals surface area contributed by atoms with Gasteiger partial charge >= 0.3 is 0 Å². The van der Waals surface area contributed by atoms with Gasteiger partial charge in [-0.3, -0.25) is 0 Å². The zero-order valence-electron chi connectivity index (χ0n) is 18.5. The predicted octanol–water partition coefficient (Wildman–Crippen LogP) is 7.66. The topological polar surface area (TPSA) is 75.7 Å². The highest BCUT2D eigenvalue weighted by atomic mass is 127. The fourth-order valence-electron chi connectivity index (χ4n) is 6.97. The summed E-state index contributed by atoms with van der Waals surface area (Å²) >= 11 is 10.9. The van der Waals surface area contributed by atoms with Gasteiger partial charge in [0.1, 0.15) is 21.6 Å². The lowest BCUT2D eigenvalue weighted by Gasteiger charge is -2.61. The average molecular weight is 1060 g/mol. The van der Waals surface area contributed by atoms with Gasteiger partial charge in [-0.2, -0.15) is 0 Å². The van der Waals surface area contributed by atoms with Crippen LogP contribution in [0.3, 0.4) is 0 Å². The second-order valence-electron chi connectivity index (χ2n) is 10.4. The molecule has 11 heteroatoms. The van der Waals surface area contributed by atoms with E-state index in [0.717, 1.165) is 25.9 Å². The van der Waals surface area contributed by atoms with Crippen molar-refractivity contribution in [3.05, 3.63) is 42.1 Å². The van der Waals surface area contributed by atoms with Crippen LogP contribution in [0.2, 0.25) is 0 Å². The van der Waals surface area contributed by atoms with Gasteiger partial charge in [-0.1, -0.05) is 0 Å². The molecule has 4 aliphatic rings. The van der Waals surface area contributed by atoms with Gasteiger partial charge in [-0.15, -0.1) is 0 Å². The third kappa shape index (κ3) is 6.04. The minimum absolute atomic E-state index is 0.125. The number of benzene rings is 2. The van der Waals surface area contributed by atoms with Crippen LogP contribution in [0, 0.1) is 40.5 Å². The molecule has 0 aromatic heterocycles. The fourth-order valence-corrected chi connectivity index (χ4v) is 14.8. The van der Waals surface area contributed by atoms with Crippen LogP contribution >= 0.6 is 113 Å². The van der Waals surface area contributed by atoms with E-state index >= 15 is 0 Å². The summed E-state index contributed by atoms with van der Waals surface area (Å²) in [6.45, 7) is 1.37. The van der Waals surface area contributed by atoms with Gasteiger partial charge in [-0.25, -0.2) is 8.42 Å². The van der Waals surface area contributed by atoms with Crippen molar-refractivity contribution >= 4 is 123 Å². The zero-order valence-corrected chi connectivity index (χ0v) is 30.1. The second-order valence-corrected chi connectivity index (χ2v) is 17.6. The second kappa shape index (κ2) is 10.5. The van der Waals surface area contributed by atoms with Gasteiger partial charge < -0.3 is 14.0 Å². The normalized spacial score (nSPS) is 29.4. The van der Waals surface area contributed by atoms with Crippen LogP contribution in [0.25, 0.3) is 0 Å². The van der Waals surface area contributed by atoms with Crippen LogP contribution < -0.4 is 9.47 Å². The molecule has 4 saturated carbocycles. The molecule has 35 heavy (non-hydrogen) atoms. The van der Waals surface area contributed by atoms with Crippen LogP contribution in [0.15, 0.2) is 29.2 Å². The Kier molecular flexibility index (Phi) is 8.47. The number of rotatable bonds is 7. The largest absolute Gasteiger partial charge is 0.744 e. The summed E-state index contributed by atoms with van der Waals surface area (Å²) in [4.78, 5) is -0.156. The Balaban J connectivity index is 1.33. The minimum Gasteiger partial charge on any atom is -0.744 e. The summed E-state index contributed by atoms with van der Waals surface area (Å²) in [5, 5.41) is 0. The molecule has 0 N–H and O–H groups in total. The van der Waals surface area contributed by atoms with Gasteiger partial charge in [0.05, 0.1) is 25.2 Å². The molecule has 0 amide bonds. The van der Waals surface area contributed by atoms with Crippen molar-refractivity contribution in [3.8, 4) is 11.5 Å². The molecule has 190 valence electrons. The number of ether oxygens (including phenoxy) is 2. The summed E-state index contributed by atoms with van der Waals surface area (Å²) in [6.07, 6.45) is 7.25. The van der Waals surface area contributed by atoms with E-state index in [1.54, 1.807) is 12.1 Å². The first kappa shape index (κ1) is 28.1. The van der Waals surface area contributed by atoms with Crippen LogP contribution in [-0.4, -0.2) is 26.2 Å². The summed E-state index contributed by atoms with van der Waals surface area (Å²) in [5.74, 6) is 3.07. The quantitative estimate of drug-likeness (QED) is 0.211. The van der Waals surface area contributed by atoms with Crippen molar-refractivity contribution in [2.75, 3.05) is 13.2 Å². The molecule has 4 bridgehead atoms. The van der Waals surface area contributed by atoms with Gasteiger partial charge in [-0.05, 0) is 188 Å². The van der Waals surface area contributed by atoms with Gasteiger partial charge in [0, 0.05) is 21.5 Å². The SMILES string of the molecule is O=S(=O)([O-])c1c(I)cc(OCC23CC4CC(C2)CC(COc2c(I)cc(I)cc2I)(C4)C3)cc1I. The first-order valence-electron chi connectivity index (χ1n) is 11.2. The first-order valence-corrected chi connectivity index (χ1v) is 18.0. The van der Waals surface area contributed by atoms with Crippen molar-refractivity contribution < 1.29 is 22.4 Å².